The van der Waals surface area contributed by atoms with Gasteiger partial charge in [-0.2, -0.15) is 13.2 Å². The molecular weight excluding hydrogens is 367 g/mol. The number of benzene rings is 1. The van der Waals surface area contributed by atoms with Crippen molar-refractivity contribution in [2.24, 2.45) is 0 Å². The fraction of sp³-hybridized carbons (Fsp3) is 0.556. The van der Waals surface area contributed by atoms with Crippen molar-refractivity contribution in [3.63, 3.8) is 0 Å². The van der Waals surface area contributed by atoms with Crippen molar-refractivity contribution in [3.05, 3.63) is 40.6 Å². The van der Waals surface area contributed by atoms with E-state index >= 15 is 0 Å². The summed E-state index contributed by atoms with van der Waals surface area (Å²) in [6, 6.07) is 5.89. The summed E-state index contributed by atoms with van der Waals surface area (Å²) in [6.45, 7) is 3.36. The van der Waals surface area contributed by atoms with E-state index in [0.29, 0.717) is 31.3 Å². The smallest absolute Gasteiger partial charge is 0.390 e. The Morgan fingerprint density at radius 1 is 1.23 bits per heavy atom. The lowest BCUT2D eigenvalue weighted by Gasteiger charge is -2.44. The van der Waals surface area contributed by atoms with Gasteiger partial charge in [0.15, 0.2) is 0 Å². The summed E-state index contributed by atoms with van der Waals surface area (Å²) in [6.07, 6.45) is -1.88. The van der Waals surface area contributed by atoms with Crippen molar-refractivity contribution >= 4 is 11.6 Å². The molecule has 3 aliphatic heterocycles. The molecule has 1 atom stereocenters. The number of halogens is 4. The number of hydrogen-bond acceptors (Lipinski definition) is 4. The number of piperazine rings is 1. The lowest BCUT2D eigenvalue weighted by atomic mass is 10.0. The van der Waals surface area contributed by atoms with Crippen LogP contribution in [0, 0.1) is 0 Å². The Kier molecular flexibility index (Phi) is 4.79. The van der Waals surface area contributed by atoms with Crippen molar-refractivity contribution in [3.8, 4) is 5.75 Å². The van der Waals surface area contributed by atoms with Gasteiger partial charge in [-0.3, -0.25) is 4.90 Å². The predicted octanol–water partition coefficient (Wildman–Crippen LogP) is 3.33. The van der Waals surface area contributed by atoms with Crippen LogP contribution in [0.25, 0.3) is 0 Å². The second kappa shape index (κ2) is 6.94. The van der Waals surface area contributed by atoms with Crippen LogP contribution in [0.2, 0.25) is 5.02 Å². The second-order valence-electron chi connectivity index (χ2n) is 7.00. The molecule has 0 aromatic heterocycles. The topological polar surface area (TPSA) is 19.0 Å². The normalized spacial score (nSPS) is 24.1. The van der Waals surface area contributed by atoms with Gasteiger partial charge in [0.05, 0.1) is 12.5 Å². The van der Waals surface area contributed by atoms with Crippen LogP contribution in [-0.4, -0.2) is 66.5 Å². The number of ether oxygens (including phenoxy) is 1. The van der Waals surface area contributed by atoms with Crippen molar-refractivity contribution in [2.45, 2.75) is 25.1 Å². The molecule has 0 aliphatic carbocycles. The number of hydrazine groups is 1. The molecule has 0 amide bonds. The Morgan fingerprint density at radius 3 is 2.88 bits per heavy atom. The molecule has 0 radical (unpaired) electrons. The highest BCUT2D eigenvalue weighted by atomic mass is 35.5. The van der Waals surface area contributed by atoms with Crippen LogP contribution in [0.15, 0.2) is 30.0 Å². The van der Waals surface area contributed by atoms with E-state index in [2.05, 4.69) is 16.1 Å². The molecular formula is C18H21ClF3N3O. The molecule has 26 heavy (non-hydrogen) atoms. The Morgan fingerprint density at radius 2 is 2.08 bits per heavy atom. The fourth-order valence-corrected chi connectivity index (χ4v) is 4.09. The van der Waals surface area contributed by atoms with Crippen LogP contribution in [0.1, 0.15) is 12.0 Å². The first-order valence-corrected chi connectivity index (χ1v) is 9.20. The summed E-state index contributed by atoms with van der Waals surface area (Å²) in [5, 5.41) is 5.19. The van der Waals surface area contributed by atoms with Gasteiger partial charge in [0.1, 0.15) is 12.4 Å². The molecule has 0 spiro atoms. The largest absolute Gasteiger partial charge is 0.492 e. The average molecular weight is 388 g/mol. The SMILES string of the molecule is FC(F)(F)CCN1CCN2C(=CCN2[C@H]2COc3ccc(Cl)cc3C2)C1. The zero-order valence-electron chi connectivity index (χ0n) is 14.3. The minimum atomic E-state index is -4.10. The van der Waals surface area contributed by atoms with E-state index in [-0.39, 0.29) is 12.6 Å². The van der Waals surface area contributed by atoms with E-state index in [0.717, 1.165) is 30.0 Å². The molecule has 3 heterocycles. The number of fused-ring (bicyclic) bond motifs is 2. The molecule has 142 valence electrons. The molecule has 1 fully saturated rings. The number of hydrogen-bond donors (Lipinski definition) is 0. The zero-order chi connectivity index (χ0) is 18.3. The second-order valence-corrected chi connectivity index (χ2v) is 7.44. The number of rotatable bonds is 3. The molecule has 0 unspecified atom stereocenters. The van der Waals surface area contributed by atoms with Gasteiger partial charge in [-0.05, 0) is 36.3 Å². The molecule has 1 aromatic carbocycles. The first kappa shape index (κ1) is 17.9. The summed E-state index contributed by atoms with van der Waals surface area (Å²) in [5.74, 6) is 0.884. The van der Waals surface area contributed by atoms with E-state index in [1.54, 1.807) is 0 Å². The van der Waals surface area contributed by atoms with E-state index < -0.39 is 12.6 Å². The van der Waals surface area contributed by atoms with E-state index in [4.69, 9.17) is 16.3 Å². The zero-order valence-corrected chi connectivity index (χ0v) is 15.1. The maximum Gasteiger partial charge on any atom is 0.390 e. The monoisotopic (exact) mass is 387 g/mol. The van der Waals surface area contributed by atoms with Crippen molar-refractivity contribution < 1.29 is 17.9 Å². The molecule has 8 heteroatoms. The Hall–Kier alpha value is -1.44. The average Bonchev–Trinajstić information content (AvgIpc) is 3.02. The van der Waals surface area contributed by atoms with Crippen molar-refractivity contribution in [1.29, 1.82) is 0 Å². The lowest BCUT2D eigenvalue weighted by Crippen LogP contribution is -2.55. The van der Waals surface area contributed by atoms with Crippen molar-refractivity contribution in [1.82, 2.24) is 14.9 Å². The van der Waals surface area contributed by atoms with Gasteiger partial charge in [0.25, 0.3) is 0 Å². The summed E-state index contributed by atoms with van der Waals surface area (Å²) in [7, 11) is 0. The van der Waals surface area contributed by atoms with Gasteiger partial charge >= 0.3 is 6.18 Å². The maximum absolute atomic E-state index is 12.4. The van der Waals surface area contributed by atoms with Gasteiger partial charge in [0, 0.05) is 43.4 Å². The molecule has 0 saturated carbocycles. The fourth-order valence-electron chi connectivity index (χ4n) is 3.89. The predicted molar refractivity (Wildman–Crippen MR) is 93.0 cm³/mol. The molecule has 3 aliphatic rings. The first-order chi connectivity index (χ1) is 12.4. The third-order valence-corrected chi connectivity index (χ3v) is 5.45. The van der Waals surface area contributed by atoms with Gasteiger partial charge in [-0.25, -0.2) is 5.01 Å². The third kappa shape index (κ3) is 3.80. The number of nitrogens with zero attached hydrogens (tertiary/aromatic N) is 3. The minimum Gasteiger partial charge on any atom is -0.492 e. The molecule has 0 bridgehead atoms. The third-order valence-electron chi connectivity index (χ3n) is 5.21. The maximum atomic E-state index is 12.4. The van der Waals surface area contributed by atoms with Crippen LogP contribution in [0.4, 0.5) is 13.2 Å². The lowest BCUT2D eigenvalue weighted by molar-refractivity contribution is -0.139. The van der Waals surface area contributed by atoms with E-state index in [1.165, 1.54) is 0 Å². The van der Waals surface area contributed by atoms with Gasteiger partial charge in [-0.1, -0.05) is 11.6 Å². The minimum absolute atomic E-state index is 0.0626. The summed E-state index contributed by atoms with van der Waals surface area (Å²) >= 11 is 6.10. The van der Waals surface area contributed by atoms with E-state index in [1.807, 2.05) is 23.1 Å². The van der Waals surface area contributed by atoms with Gasteiger partial charge < -0.3 is 9.75 Å². The molecule has 4 nitrogen and oxygen atoms in total. The highest BCUT2D eigenvalue weighted by molar-refractivity contribution is 6.30. The first-order valence-electron chi connectivity index (χ1n) is 8.82. The quantitative estimate of drug-likeness (QED) is 0.792. The van der Waals surface area contributed by atoms with Crippen LogP contribution < -0.4 is 4.74 Å². The van der Waals surface area contributed by atoms with Crippen LogP contribution in [0.3, 0.4) is 0 Å². The molecule has 1 aromatic rings. The van der Waals surface area contributed by atoms with E-state index in [9.17, 15) is 13.2 Å². The Balaban J connectivity index is 1.37. The summed E-state index contributed by atoms with van der Waals surface area (Å²) < 4.78 is 43.2. The van der Waals surface area contributed by atoms with Gasteiger partial charge in [-0.15, -0.1) is 0 Å². The van der Waals surface area contributed by atoms with Gasteiger partial charge in [0.2, 0.25) is 0 Å². The van der Waals surface area contributed by atoms with Crippen LogP contribution >= 0.6 is 11.6 Å². The molecule has 0 N–H and O–H groups in total. The Labute approximate surface area is 155 Å². The number of alkyl halides is 3. The van der Waals surface area contributed by atoms with Crippen molar-refractivity contribution in [2.75, 3.05) is 39.3 Å². The van der Waals surface area contributed by atoms with Crippen LogP contribution in [-0.2, 0) is 6.42 Å². The van der Waals surface area contributed by atoms with Crippen LogP contribution in [0.5, 0.6) is 5.75 Å². The molecule has 1 saturated heterocycles. The molecule has 4 rings (SSSR count). The summed E-state index contributed by atoms with van der Waals surface area (Å²) in [4.78, 5) is 1.88. The highest BCUT2D eigenvalue weighted by Gasteiger charge is 2.36. The standard InChI is InChI=1S/C18H21ClF3N3O/c19-14-1-2-17-13(9-14)10-16(12-26-17)24-5-3-15-11-23(7-8-25(15)24)6-4-18(20,21)22/h1-3,9,16H,4-8,10-12H2/t16-/m1/s1. The Bertz CT molecular complexity index is 709. The summed E-state index contributed by atoms with van der Waals surface area (Å²) in [5.41, 5.74) is 2.20. The highest BCUT2D eigenvalue weighted by Crippen LogP contribution is 2.32.